The quantitative estimate of drug-likeness (QED) is 0.725. The van der Waals surface area contributed by atoms with Gasteiger partial charge in [0, 0.05) is 11.8 Å². The first-order chi connectivity index (χ1) is 6.33. The fraction of sp³-hybridized carbons (Fsp3) is 0.455. The Morgan fingerprint density at radius 1 is 1.31 bits per heavy atom. The fourth-order valence-corrected chi connectivity index (χ4v) is 1.77. The molecule has 13 heavy (non-hydrogen) atoms. The molecule has 0 fully saturated rings. The van der Waals surface area contributed by atoms with Crippen LogP contribution in [0.15, 0.2) is 30.3 Å². The van der Waals surface area contributed by atoms with E-state index in [1.165, 1.54) is 5.56 Å². The van der Waals surface area contributed by atoms with Crippen LogP contribution in [0.4, 0.5) is 0 Å². The summed E-state index contributed by atoms with van der Waals surface area (Å²) in [6.07, 6.45) is 1.10. The van der Waals surface area contributed by atoms with E-state index in [2.05, 4.69) is 48.9 Å². The predicted octanol–water partition coefficient (Wildman–Crippen LogP) is 2.88. The number of nitrogens with one attached hydrogen (secondary N) is 1. The standard InChI is InChI=1S/C11H17NS/c1-3-13-12-10(2)9-11-7-5-4-6-8-11/h4-8,10,12H,3,9H2,1-2H3. The van der Waals surface area contributed by atoms with E-state index in [1.54, 1.807) is 11.9 Å². The summed E-state index contributed by atoms with van der Waals surface area (Å²) >= 11 is 1.79. The van der Waals surface area contributed by atoms with Crippen molar-refractivity contribution in [1.29, 1.82) is 0 Å². The maximum atomic E-state index is 3.40. The summed E-state index contributed by atoms with van der Waals surface area (Å²) in [5, 5.41) is 0. The molecule has 1 nitrogen and oxygen atoms in total. The molecule has 0 amide bonds. The lowest BCUT2D eigenvalue weighted by Crippen LogP contribution is -2.21. The molecule has 0 aliphatic rings. The van der Waals surface area contributed by atoms with E-state index >= 15 is 0 Å². The van der Waals surface area contributed by atoms with Crippen molar-refractivity contribution in [3.63, 3.8) is 0 Å². The highest BCUT2D eigenvalue weighted by Crippen LogP contribution is 2.05. The van der Waals surface area contributed by atoms with Gasteiger partial charge in [-0.15, -0.1) is 0 Å². The smallest absolute Gasteiger partial charge is 0.0183 e. The summed E-state index contributed by atoms with van der Waals surface area (Å²) < 4.78 is 3.40. The Balaban J connectivity index is 2.32. The third-order valence-corrected chi connectivity index (χ3v) is 2.67. The highest BCUT2D eigenvalue weighted by atomic mass is 32.2. The van der Waals surface area contributed by atoms with Crippen molar-refractivity contribution in [3.8, 4) is 0 Å². The molecule has 1 N–H and O–H groups in total. The van der Waals surface area contributed by atoms with E-state index in [1.807, 2.05) is 0 Å². The Labute approximate surface area is 85.1 Å². The summed E-state index contributed by atoms with van der Waals surface area (Å²) in [7, 11) is 0. The van der Waals surface area contributed by atoms with Gasteiger partial charge in [0.25, 0.3) is 0 Å². The van der Waals surface area contributed by atoms with Crippen LogP contribution in [0.3, 0.4) is 0 Å². The van der Waals surface area contributed by atoms with Crippen LogP contribution in [0.1, 0.15) is 19.4 Å². The molecule has 0 aromatic heterocycles. The summed E-state index contributed by atoms with van der Waals surface area (Å²) in [6.45, 7) is 4.38. The molecule has 0 radical (unpaired) electrons. The number of hydrogen-bond donors (Lipinski definition) is 1. The second-order valence-electron chi connectivity index (χ2n) is 3.14. The van der Waals surface area contributed by atoms with Gasteiger partial charge in [0.05, 0.1) is 0 Å². The summed E-state index contributed by atoms with van der Waals surface area (Å²) in [5.74, 6) is 1.12. The van der Waals surface area contributed by atoms with Gasteiger partial charge in [-0.05, 0) is 18.9 Å². The van der Waals surface area contributed by atoms with Crippen molar-refractivity contribution < 1.29 is 0 Å². The molecule has 1 atom stereocenters. The number of hydrogen-bond acceptors (Lipinski definition) is 2. The average Bonchev–Trinajstić information content (AvgIpc) is 2.16. The average molecular weight is 195 g/mol. The Morgan fingerprint density at radius 3 is 2.62 bits per heavy atom. The highest BCUT2D eigenvalue weighted by molar-refractivity contribution is 7.97. The van der Waals surface area contributed by atoms with E-state index in [4.69, 9.17) is 0 Å². The van der Waals surface area contributed by atoms with Crippen LogP contribution in [-0.2, 0) is 6.42 Å². The third kappa shape index (κ3) is 4.34. The van der Waals surface area contributed by atoms with Gasteiger partial charge < -0.3 is 0 Å². The van der Waals surface area contributed by atoms with E-state index in [-0.39, 0.29) is 0 Å². The number of rotatable bonds is 5. The first kappa shape index (κ1) is 10.6. The van der Waals surface area contributed by atoms with Crippen molar-refractivity contribution in [1.82, 2.24) is 4.72 Å². The van der Waals surface area contributed by atoms with Crippen LogP contribution in [0.25, 0.3) is 0 Å². The normalized spacial score (nSPS) is 12.8. The van der Waals surface area contributed by atoms with Gasteiger partial charge in [-0.25, -0.2) is 0 Å². The molecule has 1 aromatic carbocycles. The molecule has 0 saturated carbocycles. The molecule has 0 spiro atoms. The Bertz CT molecular complexity index is 223. The van der Waals surface area contributed by atoms with Crippen LogP contribution in [0.5, 0.6) is 0 Å². The van der Waals surface area contributed by atoms with Crippen molar-refractivity contribution in [2.75, 3.05) is 5.75 Å². The molecule has 1 aromatic rings. The van der Waals surface area contributed by atoms with Crippen LogP contribution >= 0.6 is 11.9 Å². The lowest BCUT2D eigenvalue weighted by atomic mass is 10.1. The molecule has 2 heteroatoms. The second kappa shape index (κ2) is 6.06. The maximum Gasteiger partial charge on any atom is 0.0183 e. The number of benzene rings is 1. The van der Waals surface area contributed by atoms with Gasteiger partial charge in [-0.1, -0.05) is 49.2 Å². The lowest BCUT2D eigenvalue weighted by molar-refractivity contribution is 0.689. The van der Waals surface area contributed by atoms with Gasteiger partial charge in [-0.3, -0.25) is 4.72 Å². The van der Waals surface area contributed by atoms with E-state index in [0.29, 0.717) is 6.04 Å². The third-order valence-electron chi connectivity index (χ3n) is 1.81. The first-order valence-corrected chi connectivity index (χ1v) is 5.72. The zero-order valence-corrected chi connectivity index (χ0v) is 9.10. The van der Waals surface area contributed by atoms with Crippen LogP contribution in [0, 0.1) is 0 Å². The van der Waals surface area contributed by atoms with Crippen molar-refractivity contribution in [2.24, 2.45) is 0 Å². The molecule has 1 rings (SSSR count). The van der Waals surface area contributed by atoms with Crippen LogP contribution in [0.2, 0.25) is 0 Å². The molecule has 0 aliphatic heterocycles. The zero-order chi connectivity index (χ0) is 9.52. The van der Waals surface area contributed by atoms with Gasteiger partial charge in [0.1, 0.15) is 0 Å². The van der Waals surface area contributed by atoms with Gasteiger partial charge in [-0.2, -0.15) is 0 Å². The van der Waals surface area contributed by atoms with Gasteiger partial charge in [0.2, 0.25) is 0 Å². The van der Waals surface area contributed by atoms with Crippen molar-refractivity contribution >= 4 is 11.9 Å². The lowest BCUT2D eigenvalue weighted by Gasteiger charge is -2.11. The highest BCUT2D eigenvalue weighted by Gasteiger charge is 2.01. The fourth-order valence-electron chi connectivity index (χ4n) is 1.23. The molecule has 0 bridgehead atoms. The molecular weight excluding hydrogens is 178 g/mol. The van der Waals surface area contributed by atoms with Crippen LogP contribution < -0.4 is 4.72 Å². The Hall–Kier alpha value is -0.470. The van der Waals surface area contributed by atoms with E-state index < -0.39 is 0 Å². The molecule has 0 saturated heterocycles. The zero-order valence-electron chi connectivity index (χ0n) is 8.29. The van der Waals surface area contributed by atoms with Gasteiger partial charge in [0.15, 0.2) is 0 Å². The summed E-state index contributed by atoms with van der Waals surface area (Å²) in [6, 6.07) is 11.1. The first-order valence-electron chi connectivity index (χ1n) is 4.74. The van der Waals surface area contributed by atoms with E-state index in [9.17, 15) is 0 Å². The minimum absolute atomic E-state index is 0.548. The minimum Gasteiger partial charge on any atom is -0.261 e. The molecular formula is C11H17NS. The molecule has 1 unspecified atom stereocenters. The predicted molar refractivity (Wildman–Crippen MR) is 60.9 cm³/mol. The maximum absolute atomic E-state index is 3.40. The van der Waals surface area contributed by atoms with Crippen molar-refractivity contribution in [3.05, 3.63) is 35.9 Å². The summed E-state index contributed by atoms with van der Waals surface area (Å²) in [4.78, 5) is 0. The summed E-state index contributed by atoms with van der Waals surface area (Å²) in [5.41, 5.74) is 1.40. The topological polar surface area (TPSA) is 12.0 Å². The Kier molecular flexibility index (Phi) is 4.94. The Morgan fingerprint density at radius 2 is 2.00 bits per heavy atom. The largest absolute Gasteiger partial charge is 0.261 e. The second-order valence-corrected chi connectivity index (χ2v) is 4.24. The monoisotopic (exact) mass is 195 g/mol. The SMILES string of the molecule is CCSNC(C)Cc1ccccc1. The molecule has 0 aliphatic carbocycles. The minimum atomic E-state index is 0.548. The molecule has 0 heterocycles. The van der Waals surface area contributed by atoms with Crippen molar-refractivity contribution in [2.45, 2.75) is 26.3 Å². The van der Waals surface area contributed by atoms with E-state index in [0.717, 1.165) is 12.2 Å². The van der Waals surface area contributed by atoms with Crippen LogP contribution in [-0.4, -0.2) is 11.8 Å². The van der Waals surface area contributed by atoms with Gasteiger partial charge >= 0.3 is 0 Å². The molecule has 72 valence electrons.